The highest BCUT2D eigenvalue weighted by Gasteiger charge is 2.35. The standard InChI is InChI=1S/C14H14N6O3S/c1-2-7-19-14(15-16-17-19)24-12-6-8-18(13(12)21)10-4-3-5-11(9-10)20(22)23/h2-5,9,12H,1,6-8H2/t12-/m0/s1. The fourth-order valence-electron chi connectivity index (χ4n) is 2.44. The molecule has 24 heavy (non-hydrogen) atoms. The summed E-state index contributed by atoms with van der Waals surface area (Å²) in [7, 11) is 0. The predicted octanol–water partition coefficient (Wildman–Crippen LogP) is 1.66. The number of non-ortho nitro benzene ring substituents is 1. The van der Waals surface area contributed by atoms with E-state index >= 15 is 0 Å². The first kappa shape index (κ1) is 16.1. The summed E-state index contributed by atoms with van der Waals surface area (Å²) in [5, 5.41) is 22.5. The molecule has 3 rings (SSSR count). The van der Waals surface area contributed by atoms with Gasteiger partial charge in [-0.3, -0.25) is 14.9 Å². The Morgan fingerprint density at radius 2 is 2.33 bits per heavy atom. The highest BCUT2D eigenvalue weighted by atomic mass is 32.2. The second-order valence-corrected chi connectivity index (χ2v) is 6.26. The third-order valence-electron chi connectivity index (χ3n) is 3.56. The van der Waals surface area contributed by atoms with Gasteiger partial charge < -0.3 is 4.90 Å². The van der Waals surface area contributed by atoms with Gasteiger partial charge in [-0.1, -0.05) is 23.9 Å². The van der Waals surface area contributed by atoms with Crippen LogP contribution in [0.5, 0.6) is 0 Å². The van der Waals surface area contributed by atoms with Gasteiger partial charge in [0.15, 0.2) is 0 Å². The lowest BCUT2D eigenvalue weighted by Crippen LogP contribution is -2.28. The molecule has 1 fully saturated rings. The molecule has 0 saturated carbocycles. The van der Waals surface area contributed by atoms with Crippen molar-refractivity contribution in [3.8, 4) is 0 Å². The molecule has 1 aliphatic rings. The van der Waals surface area contributed by atoms with Crippen LogP contribution in [0.3, 0.4) is 0 Å². The van der Waals surface area contributed by atoms with Crippen molar-refractivity contribution < 1.29 is 9.72 Å². The lowest BCUT2D eigenvalue weighted by atomic mass is 10.2. The Morgan fingerprint density at radius 1 is 1.50 bits per heavy atom. The number of benzene rings is 1. The van der Waals surface area contributed by atoms with Gasteiger partial charge in [0, 0.05) is 18.7 Å². The van der Waals surface area contributed by atoms with Crippen LogP contribution < -0.4 is 4.90 Å². The first-order chi connectivity index (χ1) is 11.6. The summed E-state index contributed by atoms with van der Waals surface area (Å²) in [5.41, 5.74) is 0.495. The van der Waals surface area contributed by atoms with E-state index in [1.807, 2.05) is 0 Å². The number of allylic oxidation sites excluding steroid dienone is 1. The number of hydrogen-bond donors (Lipinski definition) is 0. The minimum atomic E-state index is -0.473. The fraction of sp³-hybridized carbons (Fsp3) is 0.286. The Balaban J connectivity index is 1.75. The lowest BCUT2D eigenvalue weighted by Gasteiger charge is -2.16. The zero-order valence-electron chi connectivity index (χ0n) is 12.6. The molecular formula is C14H14N6O3S. The minimum Gasteiger partial charge on any atom is -0.311 e. The van der Waals surface area contributed by atoms with Crippen LogP contribution in [0.15, 0.2) is 42.1 Å². The maximum atomic E-state index is 12.6. The SMILES string of the molecule is C=CCn1nnnc1S[C@H]1CCN(c2cccc([N+](=O)[O-])c2)C1=O. The number of nitro benzene ring substituents is 1. The molecule has 1 saturated heterocycles. The second kappa shape index (κ2) is 6.79. The molecular weight excluding hydrogens is 332 g/mol. The van der Waals surface area contributed by atoms with Crippen LogP contribution >= 0.6 is 11.8 Å². The summed E-state index contributed by atoms with van der Waals surface area (Å²) in [6.07, 6.45) is 2.29. The number of hydrogen-bond acceptors (Lipinski definition) is 7. The van der Waals surface area contributed by atoms with Gasteiger partial charge in [-0.2, -0.15) is 0 Å². The van der Waals surface area contributed by atoms with Crippen LogP contribution in [-0.4, -0.2) is 42.8 Å². The van der Waals surface area contributed by atoms with E-state index in [1.165, 1.54) is 23.9 Å². The molecule has 1 aliphatic heterocycles. The molecule has 1 atom stereocenters. The van der Waals surface area contributed by atoms with E-state index in [1.54, 1.807) is 27.8 Å². The van der Waals surface area contributed by atoms with Crippen molar-refractivity contribution in [1.29, 1.82) is 0 Å². The summed E-state index contributed by atoms with van der Waals surface area (Å²) in [6, 6.07) is 6.08. The van der Waals surface area contributed by atoms with Crippen LogP contribution in [0.4, 0.5) is 11.4 Å². The number of amides is 1. The van der Waals surface area contributed by atoms with E-state index < -0.39 is 4.92 Å². The number of nitrogens with zero attached hydrogens (tertiary/aromatic N) is 6. The molecule has 0 radical (unpaired) electrons. The van der Waals surface area contributed by atoms with Crippen molar-refractivity contribution >= 4 is 29.0 Å². The van der Waals surface area contributed by atoms with Crippen LogP contribution in [0.25, 0.3) is 0 Å². The van der Waals surface area contributed by atoms with Crippen molar-refractivity contribution in [2.75, 3.05) is 11.4 Å². The van der Waals surface area contributed by atoms with Crippen molar-refractivity contribution in [2.24, 2.45) is 0 Å². The number of rotatable bonds is 6. The smallest absolute Gasteiger partial charge is 0.271 e. The Labute approximate surface area is 141 Å². The van der Waals surface area contributed by atoms with Crippen LogP contribution in [-0.2, 0) is 11.3 Å². The Bertz CT molecular complexity index is 792. The molecule has 2 aromatic rings. The summed E-state index contributed by atoms with van der Waals surface area (Å²) in [4.78, 5) is 24.6. The van der Waals surface area contributed by atoms with Crippen LogP contribution in [0.2, 0.25) is 0 Å². The summed E-state index contributed by atoms with van der Waals surface area (Å²) in [5.74, 6) is -0.103. The molecule has 0 unspecified atom stereocenters. The van der Waals surface area contributed by atoms with Gasteiger partial charge >= 0.3 is 0 Å². The third-order valence-corrected chi connectivity index (χ3v) is 4.78. The second-order valence-electron chi connectivity index (χ2n) is 5.09. The van der Waals surface area contributed by atoms with Crippen molar-refractivity contribution in [3.63, 3.8) is 0 Å². The van der Waals surface area contributed by atoms with Crippen molar-refractivity contribution in [1.82, 2.24) is 20.2 Å². The zero-order valence-corrected chi connectivity index (χ0v) is 13.4. The molecule has 124 valence electrons. The van der Waals surface area contributed by atoms with E-state index in [0.29, 0.717) is 30.4 Å². The summed E-state index contributed by atoms with van der Waals surface area (Å²) in [6.45, 7) is 4.61. The first-order valence-corrected chi connectivity index (χ1v) is 8.07. The number of anilines is 1. The number of aromatic nitrogens is 4. The highest BCUT2D eigenvalue weighted by molar-refractivity contribution is 8.00. The Hall–Kier alpha value is -2.75. The van der Waals surface area contributed by atoms with Gasteiger partial charge in [0.05, 0.1) is 22.4 Å². The fourth-order valence-corrected chi connectivity index (χ4v) is 3.46. The van der Waals surface area contributed by atoms with Gasteiger partial charge in [-0.15, -0.1) is 11.7 Å². The molecule has 1 aromatic heterocycles. The van der Waals surface area contributed by atoms with E-state index in [4.69, 9.17) is 0 Å². The monoisotopic (exact) mass is 346 g/mol. The van der Waals surface area contributed by atoms with E-state index in [-0.39, 0.29) is 16.8 Å². The molecule has 1 amide bonds. The minimum absolute atomic E-state index is 0.0358. The molecule has 9 nitrogen and oxygen atoms in total. The molecule has 0 bridgehead atoms. The Morgan fingerprint density at radius 3 is 3.08 bits per heavy atom. The number of thioether (sulfide) groups is 1. The van der Waals surface area contributed by atoms with Crippen molar-refractivity contribution in [2.45, 2.75) is 23.4 Å². The van der Waals surface area contributed by atoms with Gasteiger partial charge in [-0.25, -0.2) is 4.68 Å². The van der Waals surface area contributed by atoms with Gasteiger partial charge in [0.2, 0.25) is 11.1 Å². The van der Waals surface area contributed by atoms with Gasteiger partial charge in [0.25, 0.3) is 5.69 Å². The van der Waals surface area contributed by atoms with Gasteiger partial charge in [-0.05, 0) is 22.9 Å². The van der Waals surface area contributed by atoms with E-state index in [0.717, 1.165) is 0 Å². The number of tetrazole rings is 1. The largest absolute Gasteiger partial charge is 0.311 e. The van der Waals surface area contributed by atoms with E-state index in [2.05, 4.69) is 22.1 Å². The van der Waals surface area contributed by atoms with Crippen molar-refractivity contribution in [3.05, 3.63) is 47.0 Å². The van der Waals surface area contributed by atoms with Gasteiger partial charge in [0.1, 0.15) is 0 Å². The lowest BCUT2D eigenvalue weighted by molar-refractivity contribution is -0.384. The Kier molecular flexibility index (Phi) is 4.56. The predicted molar refractivity (Wildman–Crippen MR) is 87.7 cm³/mol. The maximum absolute atomic E-state index is 12.6. The average Bonchev–Trinajstić information content (AvgIpc) is 3.16. The topological polar surface area (TPSA) is 107 Å². The zero-order chi connectivity index (χ0) is 17.1. The summed E-state index contributed by atoms with van der Waals surface area (Å²) < 4.78 is 1.57. The average molecular weight is 346 g/mol. The molecule has 2 heterocycles. The van der Waals surface area contributed by atoms with E-state index in [9.17, 15) is 14.9 Å². The number of nitro groups is 1. The third kappa shape index (κ3) is 3.13. The molecule has 0 spiro atoms. The normalized spacial score (nSPS) is 17.2. The summed E-state index contributed by atoms with van der Waals surface area (Å²) >= 11 is 1.30. The van der Waals surface area contributed by atoms with Crippen LogP contribution in [0.1, 0.15) is 6.42 Å². The number of carbonyl (C=O) groups excluding carboxylic acids is 1. The highest BCUT2D eigenvalue weighted by Crippen LogP contribution is 2.33. The maximum Gasteiger partial charge on any atom is 0.271 e. The molecule has 1 aromatic carbocycles. The van der Waals surface area contributed by atoms with Crippen LogP contribution in [0, 0.1) is 10.1 Å². The number of carbonyl (C=O) groups is 1. The molecule has 10 heteroatoms. The molecule has 0 N–H and O–H groups in total. The first-order valence-electron chi connectivity index (χ1n) is 7.19. The molecule has 0 aliphatic carbocycles. The quantitative estimate of drug-likeness (QED) is 0.445.